The summed E-state index contributed by atoms with van der Waals surface area (Å²) in [5.74, 6) is 2.67. The zero-order valence-electron chi connectivity index (χ0n) is 12.8. The zero-order chi connectivity index (χ0) is 15.0. The summed E-state index contributed by atoms with van der Waals surface area (Å²) in [7, 11) is 0. The Labute approximate surface area is 140 Å². The van der Waals surface area contributed by atoms with Gasteiger partial charge >= 0.3 is 0 Å². The Morgan fingerprint density at radius 2 is 2.33 bits per heavy atom. The standard InChI is InChI=1S/C16H24IN3O/c1-10(14-8-12-3-4-13(14)7-12)19-16(21)5-6-20-11(2)15(17)9-18-20/h9-10,12-14H,3-8H2,1-2H3,(H,19,21)/t10-,12+,13+,14+/m0/s1. The monoisotopic (exact) mass is 401 g/mol. The van der Waals surface area contributed by atoms with E-state index in [0.717, 1.165) is 21.1 Å². The molecule has 2 bridgehead atoms. The Morgan fingerprint density at radius 1 is 1.52 bits per heavy atom. The summed E-state index contributed by atoms with van der Waals surface area (Å²) in [5, 5.41) is 7.53. The van der Waals surface area contributed by atoms with Gasteiger partial charge in [-0.1, -0.05) is 6.42 Å². The highest BCUT2D eigenvalue weighted by atomic mass is 127. The van der Waals surface area contributed by atoms with Crippen LogP contribution < -0.4 is 5.32 Å². The van der Waals surface area contributed by atoms with Crippen LogP contribution in [-0.4, -0.2) is 21.7 Å². The highest BCUT2D eigenvalue weighted by Crippen LogP contribution is 2.49. The van der Waals surface area contributed by atoms with Gasteiger partial charge in [0, 0.05) is 24.7 Å². The Kier molecular flexibility index (Phi) is 4.57. The Bertz CT molecular complexity index is 528. The summed E-state index contributed by atoms with van der Waals surface area (Å²) < 4.78 is 3.08. The highest BCUT2D eigenvalue weighted by molar-refractivity contribution is 14.1. The summed E-state index contributed by atoms with van der Waals surface area (Å²) in [4.78, 5) is 12.2. The van der Waals surface area contributed by atoms with Gasteiger partial charge in [-0.25, -0.2) is 0 Å². The number of aryl methyl sites for hydroxylation is 1. The van der Waals surface area contributed by atoms with Gasteiger partial charge in [0.25, 0.3) is 0 Å². The molecular weight excluding hydrogens is 377 g/mol. The maximum absolute atomic E-state index is 12.2. The third-order valence-corrected chi connectivity index (χ3v) is 6.48. The zero-order valence-corrected chi connectivity index (χ0v) is 15.0. The van der Waals surface area contributed by atoms with Crippen LogP contribution in [0.4, 0.5) is 0 Å². The predicted molar refractivity (Wildman–Crippen MR) is 90.8 cm³/mol. The first-order valence-corrected chi connectivity index (χ1v) is 9.09. The smallest absolute Gasteiger partial charge is 0.222 e. The molecule has 116 valence electrons. The molecule has 1 heterocycles. The molecule has 3 rings (SSSR count). The maximum atomic E-state index is 12.2. The number of amides is 1. The highest BCUT2D eigenvalue weighted by Gasteiger charge is 2.42. The van der Waals surface area contributed by atoms with E-state index in [2.05, 4.69) is 39.9 Å². The minimum Gasteiger partial charge on any atom is -0.353 e. The van der Waals surface area contributed by atoms with Crippen LogP contribution in [0.15, 0.2) is 6.20 Å². The number of carbonyl (C=O) groups excluding carboxylic acids is 1. The van der Waals surface area contributed by atoms with Crippen LogP contribution in [0.25, 0.3) is 0 Å². The average Bonchev–Trinajstić information content (AvgIpc) is 3.15. The van der Waals surface area contributed by atoms with Gasteiger partial charge in [-0.2, -0.15) is 5.10 Å². The lowest BCUT2D eigenvalue weighted by Gasteiger charge is -2.28. The maximum Gasteiger partial charge on any atom is 0.222 e. The molecule has 0 unspecified atom stereocenters. The normalized spacial score (nSPS) is 28.8. The predicted octanol–water partition coefficient (Wildman–Crippen LogP) is 3.13. The first-order valence-electron chi connectivity index (χ1n) is 8.02. The minimum atomic E-state index is 0.162. The van der Waals surface area contributed by atoms with Gasteiger partial charge in [-0.15, -0.1) is 0 Å². The van der Waals surface area contributed by atoms with Crippen molar-refractivity contribution in [1.82, 2.24) is 15.1 Å². The first kappa shape index (κ1) is 15.3. The third-order valence-electron chi connectivity index (χ3n) is 5.42. The van der Waals surface area contributed by atoms with Crippen LogP contribution >= 0.6 is 22.6 Å². The molecule has 1 aromatic rings. The second kappa shape index (κ2) is 6.26. The minimum absolute atomic E-state index is 0.162. The number of hydrogen-bond acceptors (Lipinski definition) is 2. The molecule has 0 saturated heterocycles. The molecule has 1 aromatic heterocycles. The number of rotatable bonds is 5. The number of carbonyl (C=O) groups is 1. The Hall–Kier alpha value is -0.590. The fourth-order valence-electron chi connectivity index (χ4n) is 4.20. The molecule has 0 spiro atoms. The summed E-state index contributed by atoms with van der Waals surface area (Å²) >= 11 is 2.27. The average molecular weight is 401 g/mol. The van der Waals surface area contributed by atoms with Gasteiger partial charge < -0.3 is 5.32 Å². The molecule has 2 aliphatic rings. The van der Waals surface area contributed by atoms with E-state index in [1.807, 2.05) is 17.8 Å². The molecule has 1 amide bonds. The van der Waals surface area contributed by atoms with Crippen molar-refractivity contribution in [3.05, 3.63) is 15.5 Å². The van der Waals surface area contributed by atoms with Crippen molar-refractivity contribution in [1.29, 1.82) is 0 Å². The molecule has 0 aliphatic heterocycles. The molecular formula is C16H24IN3O. The van der Waals surface area contributed by atoms with Gasteiger partial charge in [0.2, 0.25) is 5.91 Å². The van der Waals surface area contributed by atoms with Crippen molar-refractivity contribution in [3.63, 3.8) is 0 Å². The number of halogens is 1. The SMILES string of the molecule is Cc1c(I)cnn1CCC(=O)N[C@@H](C)[C@H]1C[C@@H]2CC[C@@H]1C2. The van der Waals surface area contributed by atoms with Crippen molar-refractivity contribution in [2.24, 2.45) is 17.8 Å². The van der Waals surface area contributed by atoms with E-state index in [1.165, 1.54) is 25.7 Å². The van der Waals surface area contributed by atoms with E-state index in [9.17, 15) is 4.79 Å². The number of fused-ring (bicyclic) bond motifs is 2. The van der Waals surface area contributed by atoms with Crippen LogP contribution in [0, 0.1) is 28.2 Å². The molecule has 1 N–H and O–H groups in total. The lowest BCUT2D eigenvalue weighted by atomic mass is 9.84. The molecule has 4 atom stereocenters. The Morgan fingerprint density at radius 3 is 2.90 bits per heavy atom. The van der Waals surface area contributed by atoms with Crippen LogP contribution in [-0.2, 0) is 11.3 Å². The Balaban J connectivity index is 1.47. The quantitative estimate of drug-likeness (QED) is 0.771. The van der Waals surface area contributed by atoms with Crippen molar-refractivity contribution in [2.75, 3.05) is 0 Å². The van der Waals surface area contributed by atoms with Gasteiger partial charge in [0.1, 0.15) is 0 Å². The van der Waals surface area contributed by atoms with Gasteiger partial charge in [0.15, 0.2) is 0 Å². The first-order chi connectivity index (χ1) is 10.0. The van der Waals surface area contributed by atoms with E-state index in [0.29, 0.717) is 24.9 Å². The molecule has 2 aliphatic carbocycles. The van der Waals surface area contributed by atoms with Crippen LogP contribution in [0.5, 0.6) is 0 Å². The topological polar surface area (TPSA) is 46.9 Å². The summed E-state index contributed by atoms with van der Waals surface area (Å²) in [6, 6.07) is 0.326. The number of aromatic nitrogens is 2. The van der Waals surface area contributed by atoms with E-state index in [1.54, 1.807) is 0 Å². The number of hydrogen-bond donors (Lipinski definition) is 1. The van der Waals surface area contributed by atoms with Crippen molar-refractivity contribution in [3.8, 4) is 0 Å². The van der Waals surface area contributed by atoms with E-state index >= 15 is 0 Å². The van der Waals surface area contributed by atoms with Gasteiger partial charge in [-0.05, 0) is 73.5 Å². The lowest BCUT2D eigenvalue weighted by molar-refractivity contribution is -0.122. The van der Waals surface area contributed by atoms with E-state index in [-0.39, 0.29) is 5.91 Å². The fraction of sp³-hybridized carbons (Fsp3) is 0.750. The van der Waals surface area contributed by atoms with Crippen LogP contribution in [0.1, 0.15) is 44.7 Å². The second-order valence-corrected chi connectivity index (χ2v) is 7.91. The summed E-state index contributed by atoms with van der Waals surface area (Å²) in [5.41, 5.74) is 1.14. The summed E-state index contributed by atoms with van der Waals surface area (Å²) in [6.45, 7) is 4.90. The van der Waals surface area contributed by atoms with Crippen LogP contribution in [0.3, 0.4) is 0 Å². The molecule has 21 heavy (non-hydrogen) atoms. The van der Waals surface area contributed by atoms with Crippen molar-refractivity contribution >= 4 is 28.5 Å². The number of nitrogens with zero attached hydrogens (tertiary/aromatic N) is 2. The van der Waals surface area contributed by atoms with Crippen LogP contribution in [0.2, 0.25) is 0 Å². The fourth-order valence-corrected chi connectivity index (χ4v) is 4.60. The largest absolute Gasteiger partial charge is 0.353 e. The third kappa shape index (κ3) is 3.27. The van der Waals surface area contributed by atoms with E-state index < -0.39 is 0 Å². The summed E-state index contributed by atoms with van der Waals surface area (Å²) in [6.07, 6.45) is 7.88. The number of nitrogens with one attached hydrogen (secondary N) is 1. The molecule has 2 saturated carbocycles. The molecule has 4 nitrogen and oxygen atoms in total. The second-order valence-electron chi connectivity index (χ2n) is 6.75. The van der Waals surface area contributed by atoms with Crippen molar-refractivity contribution < 1.29 is 4.79 Å². The molecule has 0 radical (unpaired) electrons. The van der Waals surface area contributed by atoms with Gasteiger partial charge in [0.05, 0.1) is 9.77 Å². The molecule has 0 aromatic carbocycles. The van der Waals surface area contributed by atoms with Crippen molar-refractivity contribution in [2.45, 2.75) is 58.5 Å². The molecule has 2 fully saturated rings. The van der Waals surface area contributed by atoms with E-state index in [4.69, 9.17) is 0 Å². The lowest BCUT2D eigenvalue weighted by Crippen LogP contribution is -2.40. The van der Waals surface area contributed by atoms with Gasteiger partial charge in [-0.3, -0.25) is 9.48 Å². The molecule has 5 heteroatoms.